The maximum absolute atomic E-state index is 5.90. The fourth-order valence-corrected chi connectivity index (χ4v) is 3.40. The maximum Gasteiger partial charge on any atom is 0.227 e. The average Bonchev–Trinajstić information content (AvgIpc) is 3.01. The quantitative estimate of drug-likeness (QED) is 0.691. The molecule has 1 saturated heterocycles. The lowest BCUT2D eigenvalue weighted by molar-refractivity contribution is 0.152. The monoisotopic (exact) mass is 306 g/mol. The number of hydrogen-bond acceptors (Lipinski definition) is 3. The highest BCUT2D eigenvalue weighted by molar-refractivity contribution is 5.76. The molecule has 3 aromatic rings. The summed E-state index contributed by atoms with van der Waals surface area (Å²) in [6.07, 6.45) is 3.99. The van der Waals surface area contributed by atoms with Gasteiger partial charge in [0.1, 0.15) is 5.52 Å². The van der Waals surface area contributed by atoms with Crippen LogP contribution in [0.1, 0.15) is 31.7 Å². The van der Waals surface area contributed by atoms with Gasteiger partial charge < -0.3 is 4.42 Å². The van der Waals surface area contributed by atoms with Crippen molar-refractivity contribution in [1.29, 1.82) is 0 Å². The zero-order valence-corrected chi connectivity index (χ0v) is 13.5. The van der Waals surface area contributed by atoms with E-state index in [9.17, 15) is 0 Å². The van der Waals surface area contributed by atoms with Crippen LogP contribution in [-0.2, 0) is 6.54 Å². The van der Waals surface area contributed by atoms with Crippen molar-refractivity contribution in [2.24, 2.45) is 0 Å². The molecular weight excluding hydrogens is 284 g/mol. The number of fused-ring (bicyclic) bond motifs is 1. The molecule has 1 aromatic heterocycles. The van der Waals surface area contributed by atoms with Crippen molar-refractivity contribution in [3.05, 3.63) is 54.1 Å². The number of rotatable bonds is 3. The highest BCUT2D eigenvalue weighted by Gasteiger charge is 2.18. The Morgan fingerprint density at radius 3 is 2.83 bits per heavy atom. The lowest BCUT2D eigenvalue weighted by Gasteiger charge is -2.33. The minimum atomic E-state index is 0.677. The smallest absolute Gasteiger partial charge is 0.227 e. The first-order valence-corrected chi connectivity index (χ1v) is 8.48. The molecule has 0 N–H and O–H groups in total. The number of nitrogens with zero attached hydrogens (tertiary/aromatic N) is 2. The molecule has 0 amide bonds. The van der Waals surface area contributed by atoms with E-state index >= 15 is 0 Å². The summed E-state index contributed by atoms with van der Waals surface area (Å²) in [5.74, 6) is 0.698. The second-order valence-electron chi connectivity index (χ2n) is 6.50. The van der Waals surface area contributed by atoms with Crippen molar-refractivity contribution < 1.29 is 4.42 Å². The van der Waals surface area contributed by atoms with Crippen LogP contribution in [0.15, 0.2) is 52.9 Å². The third-order valence-electron chi connectivity index (χ3n) is 4.80. The Morgan fingerprint density at radius 2 is 2.00 bits per heavy atom. The van der Waals surface area contributed by atoms with E-state index in [0.717, 1.165) is 23.2 Å². The Morgan fingerprint density at radius 1 is 1.13 bits per heavy atom. The Balaban J connectivity index is 1.60. The summed E-state index contributed by atoms with van der Waals surface area (Å²) in [5, 5.41) is 0. The van der Waals surface area contributed by atoms with Gasteiger partial charge in [-0.1, -0.05) is 30.7 Å². The highest BCUT2D eigenvalue weighted by atomic mass is 16.3. The van der Waals surface area contributed by atoms with Gasteiger partial charge in [0.05, 0.1) is 0 Å². The number of hydrogen-bond donors (Lipinski definition) is 0. The molecular formula is C20H22N2O. The second kappa shape index (κ2) is 6.17. The first kappa shape index (κ1) is 14.5. The van der Waals surface area contributed by atoms with Crippen molar-refractivity contribution in [2.45, 2.75) is 38.8 Å². The molecule has 0 spiro atoms. The lowest BCUT2D eigenvalue weighted by Crippen LogP contribution is -2.36. The Kier molecular flexibility index (Phi) is 3.88. The van der Waals surface area contributed by atoms with Gasteiger partial charge in [-0.2, -0.15) is 0 Å². The molecule has 1 aliphatic heterocycles. The third kappa shape index (κ3) is 3.02. The van der Waals surface area contributed by atoms with Crippen LogP contribution in [0.5, 0.6) is 0 Å². The summed E-state index contributed by atoms with van der Waals surface area (Å²) >= 11 is 0. The summed E-state index contributed by atoms with van der Waals surface area (Å²) in [7, 11) is 0. The van der Waals surface area contributed by atoms with E-state index < -0.39 is 0 Å². The van der Waals surface area contributed by atoms with Crippen molar-refractivity contribution >= 4 is 11.1 Å². The molecule has 2 aromatic carbocycles. The summed E-state index contributed by atoms with van der Waals surface area (Å²) in [6.45, 7) is 4.54. The van der Waals surface area contributed by atoms with Crippen molar-refractivity contribution in [3.63, 3.8) is 0 Å². The molecule has 1 fully saturated rings. The Bertz CT molecular complexity index is 794. The fraction of sp³-hybridized carbons (Fsp3) is 0.350. The van der Waals surface area contributed by atoms with Crippen LogP contribution in [0.3, 0.4) is 0 Å². The van der Waals surface area contributed by atoms with Crippen LogP contribution in [-0.4, -0.2) is 22.5 Å². The van der Waals surface area contributed by atoms with Crippen LogP contribution >= 0.6 is 0 Å². The molecule has 118 valence electrons. The largest absolute Gasteiger partial charge is 0.436 e. The van der Waals surface area contributed by atoms with Gasteiger partial charge in [-0.25, -0.2) is 4.98 Å². The third-order valence-corrected chi connectivity index (χ3v) is 4.80. The van der Waals surface area contributed by atoms with E-state index in [2.05, 4.69) is 35.0 Å². The number of likely N-dealkylation sites (tertiary alicyclic amines) is 1. The van der Waals surface area contributed by atoms with E-state index in [1.165, 1.54) is 31.4 Å². The lowest BCUT2D eigenvalue weighted by atomic mass is 10.0. The number of piperidine rings is 1. The van der Waals surface area contributed by atoms with E-state index in [1.807, 2.05) is 30.3 Å². The average molecular weight is 306 g/mol. The molecule has 1 atom stereocenters. The summed E-state index contributed by atoms with van der Waals surface area (Å²) < 4.78 is 5.90. The van der Waals surface area contributed by atoms with Crippen LogP contribution in [0.25, 0.3) is 22.6 Å². The predicted molar refractivity (Wildman–Crippen MR) is 93.2 cm³/mol. The SMILES string of the molecule is C[C@H]1CCCCN1Cc1ccc2oc(-c3ccccc3)nc2c1. The zero-order chi connectivity index (χ0) is 15.6. The van der Waals surface area contributed by atoms with E-state index in [4.69, 9.17) is 4.42 Å². The second-order valence-corrected chi connectivity index (χ2v) is 6.50. The van der Waals surface area contributed by atoms with E-state index in [1.54, 1.807) is 0 Å². The highest BCUT2D eigenvalue weighted by Crippen LogP contribution is 2.26. The zero-order valence-electron chi connectivity index (χ0n) is 13.5. The van der Waals surface area contributed by atoms with Crippen LogP contribution in [0, 0.1) is 0 Å². The van der Waals surface area contributed by atoms with Gasteiger partial charge in [0.25, 0.3) is 0 Å². The van der Waals surface area contributed by atoms with Crippen LogP contribution < -0.4 is 0 Å². The summed E-state index contributed by atoms with van der Waals surface area (Å²) in [4.78, 5) is 7.24. The molecule has 0 aliphatic carbocycles. The minimum Gasteiger partial charge on any atom is -0.436 e. The molecule has 2 heterocycles. The molecule has 3 heteroatoms. The molecule has 3 nitrogen and oxygen atoms in total. The number of aromatic nitrogens is 1. The molecule has 0 unspecified atom stereocenters. The molecule has 23 heavy (non-hydrogen) atoms. The number of oxazole rings is 1. The van der Waals surface area contributed by atoms with Gasteiger partial charge in [0, 0.05) is 18.2 Å². The van der Waals surface area contributed by atoms with Crippen LogP contribution in [0.4, 0.5) is 0 Å². The van der Waals surface area contributed by atoms with E-state index in [-0.39, 0.29) is 0 Å². The first-order valence-electron chi connectivity index (χ1n) is 8.48. The Labute approximate surface area is 136 Å². The molecule has 4 rings (SSSR count). The molecule has 1 aliphatic rings. The van der Waals surface area contributed by atoms with Crippen molar-refractivity contribution in [1.82, 2.24) is 9.88 Å². The van der Waals surface area contributed by atoms with Gasteiger partial charge in [0.15, 0.2) is 5.58 Å². The fourth-order valence-electron chi connectivity index (χ4n) is 3.40. The minimum absolute atomic E-state index is 0.677. The van der Waals surface area contributed by atoms with Gasteiger partial charge >= 0.3 is 0 Å². The normalized spacial score (nSPS) is 19.3. The summed E-state index contributed by atoms with van der Waals surface area (Å²) in [6, 6.07) is 17.2. The van der Waals surface area contributed by atoms with Gasteiger partial charge in [-0.05, 0) is 56.1 Å². The van der Waals surface area contributed by atoms with Gasteiger partial charge in [-0.15, -0.1) is 0 Å². The number of benzene rings is 2. The predicted octanol–water partition coefficient (Wildman–Crippen LogP) is 4.87. The van der Waals surface area contributed by atoms with Gasteiger partial charge in [0.2, 0.25) is 5.89 Å². The molecule has 0 saturated carbocycles. The van der Waals surface area contributed by atoms with E-state index in [0.29, 0.717) is 11.9 Å². The molecule has 0 bridgehead atoms. The first-order chi connectivity index (χ1) is 11.3. The molecule has 0 radical (unpaired) electrons. The summed E-state index contributed by atoms with van der Waals surface area (Å²) in [5.41, 5.74) is 4.15. The Hall–Kier alpha value is -2.13. The van der Waals surface area contributed by atoms with Crippen LogP contribution in [0.2, 0.25) is 0 Å². The standard InChI is InChI=1S/C20H22N2O/c1-15-7-5-6-12-22(15)14-16-10-11-19-18(13-16)21-20(23-19)17-8-3-2-4-9-17/h2-4,8-11,13,15H,5-7,12,14H2,1H3/t15-/m0/s1. The van der Waals surface area contributed by atoms with Crippen molar-refractivity contribution in [3.8, 4) is 11.5 Å². The van der Waals surface area contributed by atoms with Crippen molar-refractivity contribution in [2.75, 3.05) is 6.54 Å². The topological polar surface area (TPSA) is 29.3 Å². The van der Waals surface area contributed by atoms with Gasteiger partial charge in [-0.3, -0.25) is 4.90 Å². The maximum atomic E-state index is 5.90.